The molecule has 1 heterocycles. The minimum absolute atomic E-state index is 0.310. The van der Waals surface area contributed by atoms with Crippen LogP contribution < -0.4 is 0 Å². The highest BCUT2D eigenvalue weighted by molar-refractivity contribution is 9.11. The van der Waals surface area contributed by atoms with Crippen molar-refractivity contribution in [3.05, 3.63) is 26.6 Å². The van der Waals surface area contributed by atoms with Crippen molar-refractivity contribution >= 4 is 41.9 Å². The van der Waals surface area contributed by atoms with Gasteiger partial charge in [-0.15, -0.1) is 0 Å². The normalized spacial score (nSPS) is 19.8. The summed E-state index contributed by atoms with van der Waals surface area (Å²) in [5.41, 5.74) is 0.696. The number of hydrogen-bond acceptors (Lipinski definition) is 2. The van der Waals surface area contributed by atoms with Gasteiger partial charge in [0, 0.05) is 21.0 Å². The molecule has 0 spiro atoms. The number of aryl methyl sites for hydroxylation is 1. The van der Waals surface area contributed by atoms with Gasteiger partial charge in [0.1, 0.15) is 0 Å². The van der Waals surface area contributed by atoms with E-state index in [9.17, 15) is 8.42 Å². The zero-order valence-electron chi connectivity index (χ0n) is 11.2. The van der Waals surface area contributed by atoms with E-state index in [0.29, 0.717) is 15.9 Å². The molecule has 3 nitrogen and oxygen atoms in total. The molecule has 0 aliphatic carbocycles. The molecule has 0 radical (unpaired) electrons. The molecule has 0 N–H and O–H groups in total. The SMILES string of the molecule is Cc1cc(Br)c(S(=O)(=O)N2CCCC2(C)C)cc1Br. The average molecular weight is 411 g/mol. The van der Waals surface area contributed by atoms with Crippen LogP contribution in [-0.2, 0) is 10.0 Å². The molecule has 0 unspecified atom stereocenters. The van der Waals surface area contributed by atoms with Crippen molar-refractivity contribution in [3.63, 3.8) is 0 Å². The smallest absolute Gasteiger partial charge is 0.207 e. The second kappa shape index (κ2) is 5.13. The summed E-state index contributed by atoms with van der Waals surface area (Å²) >= 11 is 6.78. The quantitative estimate of drug-likeness (QED) is 0.736. The number of benzene rings is 1. The number of nitrogens with zero attached hydrogens (tertiary/aromatic N) is 1. The molecular weight excluding hydrogens is 394 g/mol. The van der Waals surface area contributed by atoms with Crippen molar-refractivity contribution in [2.75, 3.05) is 6.54 Å². The first-order valence-electron chi connectivity index (χ1n) is 6.15. The maximum absolute atomic E-state index is 12.8. The predicted octanol–water partition coefficient (Wildman–Crippen LogP) is 4.08. The number of sulfonamides is 1. The lowest BCUT2D eigenvalue weighted by Crippen LogP contribution is -2.42. The zero-order valence-corrected chi connectivity index (χ0v) is 15.2. The van der Waals surface area contributed by atoms with Crippen LogP contribution in [0.25, 0.3) is 0 Å². The van der Waals surface area contributed by atoms with Gasteiger partial charge in [0.05, 0.1) is 4.90 Å². The lowest BCUT2D eigenvalue weighted by molar-refractivity contribution is 0.291. The van der Waals surface area contributed by atoms with E-state index in [-0.39, 0.29) is 5.54 Å². The van der Waals surface area contributed by atoms with Gasteiger partial charge in [0.15, 0.2) is 0 Å². The van der Waals surface area contributed by atoms with Crippen LogP contribution >= 0.6 is 31.9 Å². The second-order valence-electron chi connectivity index (χ2n) is 5.52. The molecule has 0 aromatic heterocycles. The minimum atomic E-state index is -3.46. The Kier molecular flexibility index (Phi) is 4.18. The van der Waals surface area contributed by atoms with E-state index in [2.05, 4.69) is 31.9 Å². The van der Waals surface area contributed by atoms with Crippen LogP contribution in [0.15, 0.2) is 26.0 Å². The molecule has 19 heavy (non-hydrogen) atoms. The van der Waals surface area contributed by atoms with Gasteiger partial charge < -0.3 is 0 Å². The van der Waals surface area contributed by atoms with Crippen molar-refractivity contribution in [3.8, 4) is 0 Å². The molecule has 0 amide bonds. The summed E-state index contributed by atoms with van der Waals surface area (Å²) in [7, 11) is -3.46. The van der Waals surface area contributed by atoms with Crippen LogP contribution in [0, 0.1) is 6.92 Å². The van der Waals surface area contributed by atoms with Gasteiger partial charge in [-0.05, 0) is 67.2 Å². The monoisotopic (exact) mass is 409 g/mol. The summed E-state index contributed by atoms with van der Waals surface area (Å²) in [6, 6.07) is 3.52. The Labute approximate surface area is 131 Å². The zero-order chi connectivity index (χ0) is 14.4. The summed E-state index contributed by atoms with van der Waals surface area (Å²) in [5, 5.41) is 0. The third-order valence-electron chi connectivity index (χ3n) is 3.61. The molecule has 0 saturated carbocycles. The van der Waals surface area contributed by atoms with Crippen LogP contribution in [0.1, 0.15) is 32.3 Å². The predicted molar refractivity (Wildman–Crippen MR) is 83.8 cm³/mol. The third-order valence-corrected chi connectivity index (χ3v) is 7.53. The van der Waals surface area contributed by atoms with E-state index in [1.807, 2.05) is 26.8 Å². The van der Waals surface area contributed by atoms with Crippen LogP contribution in [0.4, 0.5) is 0 Å². The highest BCUT2D eigenvalue weighted by Gasteiger charge is 2.41. The Morgan fingerprint density at radius 2 is 1.84 bits per heavy atom. The van der Waals surface area contributed by atoms with E-state index >= 15 is 0 Å². The van der Waals surface area contributed by atoms with Gasteiger partial charge in [-0.1, -0.05) is 15.9 Å². The minimum Gasteiger partial charge on any atom is -0.207 e. The van der Waals surface area contributed by atoms with Gasteiger partial charge in [-0.2, -0.15) is 4.31 Å². The molecule has 1 saturated heterocycles. The third kappa shape index (κ3) is 2.77. The van der Waals surface area contributed by atoms with Gasteiger partial charge in [0.25, 0.3) is 0 Å². The van der Waals surface area contributed by atoms with Crippen molar-refractivity contribution in [1.29, 1.82) is 0 Å². The second-order valence-corrected chi connectivity index (χ2v) is 9.06. The molecule has 1 aromatic carbocycles. The first-order valence-corrected chi connectivity index (χ1v) is 9.17. The highest BCUT2D eigenvalue weighted by Crippen LogP contribution is 2.37. The van der Waals surface area contributed by atoms with Gasteiger partial charge >= 0.3 is 0 Å². The largest absolute Gasteiger partial charge is 0.244 e. The topological polar surface area (TPSA) is 37.4 Å². The van der Waals surface area contributed by atoms with E-state index in [1.165, 1.54) is 0 Å². The van der Waals surface area contributed by atoms with Gasteiger partial charge in [-0.3, -0.25) is 0 Å². The Hall–Kier alpha value is 0.0900. The molecular formula is C13H17Br2NO2S. The van der Waals surface area contributed by atoms with Crippen molar-refractivity contribution in [2.45, 2.75) is 44.0 Å². The van der Waals surface area contributed by atoms with E-state index in [4.69, 9.17) is 0 Å². The van der Waals surface area contributed by atoms with Crippen LogP contribution in [0.3, 0.4) is 0 Å². The summed E-state index contributed by atoms with van der Waals surface area (Å²) in [6.07, 6.45) is 1.81. The van der Waals surface area contributed by atoms with Crippen molar-refractivity contribution < 1.29 is 8.42 Å². The molecule has 1 aliphatic heterocycles. The van der Waals surface area contributed by atoms with E-state index in [0.717, 1.165) is 22.9 Å². The summed E-state index contributed by atoms with van der Waals surface area (Å²) in [4.78, 5) is 0.333. The van der Waals surface area contributed by atoms with Gasteiger partial charge in [-0.25, -0.2) is 8.42 Å². The van der Waals surface area contributed by atoms with Gasteiger partial charge in [0.2, 0.25) is 10.0 Å². The Morgan fingerprint density at radius 3 is 2.37 bits per heavy atom. The molecule has 1 aliphatic rings. The molecule has 2 rings (SSSR count). The lowest BCUT2D eigenvalue weighted by Gasteiger charge is -2.31. The molecule has 1 aromatic rings. The molecule has 1 fully saturated rings. The van der Waals surface area contributed by atoms with Crippen molar-refractivity contribution in [1.82, 2.24) is 4.31 Å². The molecule has 106 valence electrons. The fourth-order valence-corrected chi connectivity index (χ4v) is 5.96. The molecule has 6 heteroatoms. The highest BCUT2D eigenvalue weighted by atomic mass is 79.9. The maximum atomic E-state index is 12.8. The summed E-state index contributed by atoms with van der Waals surface area (Å²) in [6.45, 7) is 6.49. The maximum Gasteiger partial charge on any atom is 0.244 e. The van der Waals surface area contributed by atoms with E-state index in [1.54, 1.807) is 10.4 Å². The molecule has 0 bridgehead atoms. The van der Waals surface area contributed by atoms with Crippen molar-refractivity contribution in [2.24, 2.45) is 0 Å². The fourth-order valence-electron chi connectivity index (χ4n) is 2.47. The summed E-state index contributed by atoms with van der Waals surface area (Å²) in [5.74, 6) is 0. The van der Waals surface area contributed by atoms with Crippen LogP contribution in [0.5, 0.6) is 0 Å². The number of halogens is 2. The Bertz CT molecular complexity index is 611. The standard InChI is InChI=1S/C13H17Br2NO2S/c1-9-7-11(15)12(8-10(9)14)19(17,18)16-6-4-5-13(16,2)3/h7-8H,4-6H2,1-3H3. The van der Waals surface area contributed by atoms with Crippen LogP contribution in [-0.4, -0.2) is 24.8 Å². The fraction of sp³-hybridized carbons (Fsp3) is 0.538. The molecule has 0 atom stereocenters. The first-order chi connectivity index (χ1) is 8.66. The first kappa shape index (κ1) is 15.5. The Morgan fingerprint density at radius 1 is 1.21 bits per heavy atom. The van der Waals surface area contributed by atoms with E-state index < -0.39 is 10.0 Å². The average Bonchev–Trinajstić information content (AvgIpc) is 2.63. The number of hydrogen-bond donors (Lipinski definition) is 0. The lowest BCUT2D eigenvalue weighted by atomic mass is 10.0. The number of rotatable bonds is 2. The Balaban J connectivity index is 2.55. The summed E-state index contributed by atoms with van der Waals surface area (Å²) < 4.78 is 28.7. The van der Waals surface area contributed by atoms with Crippen LogP contribution in [0.2, 0.25) is 0 Å².